The highest BCUT2D eigenvalue weighted by Gasteiger charge is 2.44. The second-order valence-corrected chi connectivity index (χ2v) is 8.04. The van der Waals surface area contributed by atoms with Crippen molar-refractivity contribution in [3.63, 3.8) is 0 Å². The van der Waals surface area contributed by atoms with E-state index in [-0.39, 0.29) is 17.9 Å². The van der Waals surface area contributed by atoms with Crippen LogP contribution >= 0.6 is 0 Å². The molecule has 0 saturated carbocycles. The Morgan fingerprint density at radius 1 is 1.10 bits per heavy atom. The monoisotopic (exact) mass is 415 g/mol. The van der Waals surface area contributed by atoms with E-state index in [2.05, 4.69) is 20.0 Å². The molecular weight excluding hydrogens is 395 g/mol. The fraction of sp³-hybridized carbons (Fsp3) is 0.429. The number of hydrogen-bond donors (Lipinski definition) is 0. The Labute approximate surface area is 171 Å². The summed E-state index contributed by atoms with van der Waals surface area (Å²) >= 11 is 0. The summed E-state index contributed by atoms with van der Waals surface area (Å²) in [6.07, 6.45) is 1.14. The fourth-order valence-corrected chi connectivity index (χ4v) is 4.65. The first-order valence-electron chi connectivity index (χ1n) is 9.97. The van der Waals surface area contributed by atoms with Crippen LogP contribution in [0, 0.1) is 0 Å². The molecule has 0 radical (unpaired) electrons. The highest BCUT2D eigenvalue weighted by atomic mass is 19.4. The Hall–Kier alpha value is -2.81. The largest absolute Gasteiger partial charge is 0.455 e. The molecule has 0 bridgehead atoms. The van der Waals surface area contributed by atoms with Gasteiger partial charge in [-0.2, -0.15) is 18.2 Å². The van der Waals surface area contributed by atoms with Crippen molar-refractivity contribution in [2.75, 3.05) is 13.1 Å². The van der Waals surface area contributed by atoms with Gasteiger partial charge in [0.05, 0.1) is 12.2 Å². The molecule has 1 spiro atoms. The van der Waals surface area contributed by atoms with Gasteiger partial charge in [0.15, 0.2) is 5.82 Å². The molecule has 156 valence electrons. The fourth-order valence-electron chi connectivity index (χ4n) is 4.65. The number of benzene rings is 1. The minimum atomic E-state index is -4.60. The second-order valence-electron chi connectivity index (χ2n) is 8.04. The second kappa shape index (κ2) is 7.16. The Morgan fingerprint density at radius 2 is 1.93 bits per heavy atom. The first kappa shape index (κ1) is 19.2. The Balaban J connectivity index is 1.39. The molecule has 9 heteroatoms. The average Bonchev–Trinajstić information content (AvgIpc) is 3.34. The van der Waals surface area contributed by atoms with Crippen molar-refractivity contribution < 1.29 is 17.7 Å². The smallest absolute Gasteiger partial charge is 0.338 e. The number of hydrogen-bond acceptors (Lipinski definition) is 6. The molecule has 0 amide bonds. The van der Waals surface area contributed by atoms with Crippen LogP contribution in [-0.4, -0.2) is 38.1 Å². The van der Waals surface area contributed by atoms with Gasteiger partial charge in [0.2, 0.25) is 5.89 Å². The molecule has 30 heavy (non-hydrogen) atoms. The summed E-state index contributed by atoms with van der Waals surface area (Å²) in [6.45, 7) is 1.68. The van der Waals surface area contributed by atoms with Crippen LogP contribution in [0.25, 0.3) is 11.4 Å². The number of likely N-dealkylation sites (tertiary alicyclic amines) is 1. The van der Waals surface area contributed by atoms with Gasteiger partial charge in [-0.05, 0) is 37.8 Å². The van der Waals surface area contributed by atoms with Crippen LogP contribution in [0.5, 0.6) is 0 Å². The molecular formula is C21H20F3N5O. The highest BCUT2D eigenvalue weighted by molar-refractivity contribution is 5.55. The lowest BCUT2D eigenvalue weighted by molar-refractivity contribution is -0.146. The van der Waals surface area contributed by atoms with Crippen molar-refractivity contribution in [2.24, 2.45) is 0 Å². The minimum Gasteiger partial charge on any atom is -0.338 e. The summed E-state index contributed by atoms with van der Waals surface area (Å²) in [5.74, 6) is -0.527. The van der Waals surface area contributed by atoms with Gasteiger partial charge in [0, 0.05) is 23.7 Å². The van der Waals surface area contributed by atoms with Crippen LogP contribution in [0.2, 0.25) is 0 Å². The van der Waals surface area contributed by atoms with Crippen LogP contribution in [0.1, 0.15) is 42.2 Å². The maximum absolute atomic E-state index is 12.8. The van der Waals surface area contributed by atoms with E-state index < -0.39 is 12.0 Å². The topological polar surface area (TPSA) is 67.9 Å². The van der Waals surface area contributed by atoms with Gasteiger partial charge >= 0.3 is 6.18 Å². The molecule has 2 aliphatic rings. The molecule has 6 nitrogen and oxygen atoms in total. The van der Waals surface area contributed by atoms with Crippen LogP contribution in [0.3, 0.4) is 0 Å². The predicted octanol–water partition coefficient (Wildman–Crippen LogP) is 4.03. The van der Waals surface area contributed by atoms with Crippen LogP contribution < -0.4 is 0 Å². The van der Waals surface area contributed by atoms with Crippen molar-refractivity contribution in [3.05, 3.63) is 59.5 Å². The highest BCUT2D eigenvalue weighted by Crippen LogP contribution is 2.44. The van der Waals surface area contributed by atoms with E-state index in [0.717, 1.165) is 49.0 Å². The van der Waals surface area contributed by atoms with Gasteiger partial charge in [-0.25, -0.2) is 9.97 Å². The Bertz CT molecular complexity index is 1050. The number of piperidine rings is 1. The number of fused-ring (bicyclic) bond motifs is 2. The maximum Gasteiger partial charge on any atom is 0.455 e. The van der Waals surface area contributed by atoms with Crippen molar-refractivity contribution in [1.82, 2.24) is 25.0 Å². The molecule has 1 fully saturated rings. The third kappa shape index (κ3) is 3.47. The number of alkyl halides is 3. The minimum absolute atomic E-state index is 0.00902. The molecule has 1 saturated heterocycles. The standard InChI is InChI=1S/C21H20F3N5O/c22-21(23,24)19-26-16(30-28-19)12-29-10-4-8-20(13-29)9-7-15-11-25-18(27-17(15)20)14-5-2-1-3-6-14/h1-3,5-6,11H,4,7-10,12-13H2. The molecule has 2 aromatic heterocycles. The van der Waals surface area contributed by atoms with Gasteiger partial charge in [-0.15, -0.1) is 0 Å². The SMILES string of the molecule is FC(F)(F)c1noc(CN2CCCC3(CCc4cnc(-c5ccccc5)nc43)C2)n1. The van der Waals surface area contributed by atoms with Crippen molar-refractivity contribution in [3.8, 4) is 11.4 Å². The van der Waals surface area contributed by atoms with Crippen molar-refractivity contribution in [2.45, 2.75) is 43.8 Å². The number of nitrogens with zero attached hydrogens (tertiary/aromatic N) is 5. The van der Waals surface area contributed by atoms with E-state index in [4.69, 9.17) is 9.51 Å². The van der Waals surface area contributed by atoms with Gasteiger partial charge in [-0.1, -0.05) is 35.5 Å². The van der Waals surface area contributed by atoms with E-state index in [1.165, 1.54) is 0 Å². The van der Waals surface area contributed by atoms with Crippen molar-refractivity contribution in [1.29, 1.82) is 0 Å². The number of aromatic nitrogens is 4. The van der Waals surface area contributed by atoms with Gasteiger partial charge in [0.25, 0.3) is 5.82 Å². The molecule has 5 rings (SSSR count). The van der Waals surface area contributed by atoms with Crippen LogP contribution in [-0.2, 0) is 24.6 Å². The summed E-state index contributed by atoms with van der Waals surface area (Å²) in [5.41, 5.74) is 3.09. The van der Waals surface area contributed by atoms with E-state index in [9.17, 15) is 13.2 Å². The zero-order chi connectivity index (χ0) is 20.8. The molecule has 1 aromatic carbocycles. The maximum atomic E-state index is 12.8. The lowest BCUT2D eigenvalue weighted by atomic mass is 9.77. The normalized spacial score (nSPS) is 21.8. The molecule has 3 heterocycles. The average molecular weight is 415 g/mol. The molecule has 3 aromatic rings. The molecule has 1 aliphatic carbocycles. The summed E-state index contributed by atoms with van der Waals surface area (Å²) < 4.78 is 43.1. The van der Waals surface area contributed by atoms with Crippen LogP contribution in [0.15, 0.2) is 41.1 Å². The molecule has 0 N–H and O–H groups in total. The molecule has 1 unspecified atom stereocenters. The van der Waals surface area contributed by atoms with E-state index in [1.54, 1.807) is 0 Å². The summed E-state index contributed by atoms with van der Waals surface area (Å²) in [5, 5.41) is 3.06. The van der Waals surface area contributed by atoms with Crippen molar-refractivity contribution >= 4 is 0 Å². The number of halogens is 3. The zero-order valence-corrected chi connectivity index (χ0v) is 16.2. The third-order valence-corrected chi connectivity index (χ3v) is 6.01. The van der Waals surface area contributed by atoms with Gasteiger partial charge in [0.1, 0.15) is 0 Å². The molecule has 1 atom stereocenters. The Kier molecular flexibility index (Phi) is 4.57. The van der Waals surface area contributed by atoms with E-state index in [1.807, 2.05) is 36.5 Å². The lowest BCUT2D eigenvalue weighted by Crippen LogP contribution is -2.45. The third-order valence-electron chi connectivity index (χ3n) is 6.01. The lowest BCUT2D eigenvalue weighted by Gasteiger charge is -2.40. The first-order chi connectivity index (χ1) is 14.4. The molecule has 1 aliphatic heterocycles. The van der Waals surface area contributed by atoms with E-state index >= 15 is 0 Å². The number of aryl methyl sites for hydroxylation is 1. The van der Waals surface area contributed by atoms with E-state index in [0.29, 0.717) is 12.4 Å². The Morgan fingerprint density at radius 3 is 2.70 bits per heavy atom. The van der Waals surface area contributed by atoms with Gasteiger partial charge in [-0.3, -0.25) is 4.90 Å². The summed E-state index contributed by atoms with van der Waals surface area (Å²) in [6, 6.07) is 9.86. The zero-order valence-electron chi connectivity index (χ0n) is 16.2. The first-order valence-corrected chi connectivity index (χ1v) is 9.97. The van der Waals surface area contributed by atoms with Gasteiger partial charge < -0.3 is 4.52 Å². The summed E-state index contributed by atoms with van der Waals surface area (Å²) in [7, 11) is 0. The van der Waals surface area contributed by atoms with Crippen LogP contribution in [0.4, 0.5) is 13.2 Å². The summed E-state index contributed by atoms with van der Waals surface area (Å²) in [4.78, 5) is 15.1. The predicted molar refractivity (Wildman–Crippen MR) is 101 cm³/mol. The quantitative estimate of drug-likeness (QED) is 0.644. The number of rotatable bonds is 3.